The third kappa shape index (κ3) is 3.82. The van der Waals surface area contributed by atoms with Crippen LogP contribution in [0.5, 0.6) is 5.75 Å². The number of carbonyl (C=O) groups excluding carboxylic acids is 1. The molecule has 1 aliphatic heterocycles. The fourth-order valence-corrected chi connectivity index (χ4v) is 2.80. The van der Waals surface area contributed by atoms with Gasteiger partial charge in [-0.1, -0.05) is 19.1 Å². The summed E-state index contributed by atoms with van der Waals surface area (Å²) in [5.41, 5.74) is 0.594. The highest BCUT2D eigenvalue weighted by Crippen LogP contribution is 2.15. The predicted molar refractivity (Wildman–Crippen MR) is 90.9 cm³/mol. The molecule has 1 aromatic heterocycles. The van der Waals surface area contributed by atoms with Crippen LogP contribution in [0, 0.1) is 0 Å². The van der Waals surface area contributed by atoms with Gasteiger partial charge in [0.1, 0.15) is 18.2 Å². The Balaban J connectivity index is 1.59. The van der Waals surface area contributed by atoms with Gasteiger partial charge in [-0.25, -0.2) is 0 Å². The molecule has 0 saturated carbocycles. The smallest absolute Gasteiger partial charge is 0.251 e. The van der Waals surface area contributed by atoms with Crippen LogP contribution < -0.4 is 10.1 Å². The maximum atomic E-state index is 12.3. The Morgan fingerprint density at radius 2 is 2.08 bits per heavy atom. The minimum atomic E-state index is -0.128. The molecule has 0 bridgehead atoms. The number of nitrogens with zero attached hydrogens (tertiary/aromatic N) is 3. The molecule has 0 fully saturated rings. The summed E-state index contributed by atoms with van der Waals surface area (Å²) in [5.74, 6) is 2.44. The Morgan fingerprint density at radius 1 is 1.25 bits per heavy atom. The summed E-state index contributed by atoms with van der Waals surface area (Å²) < 4.78 is 7.55. The fraction of sp³-hybridized carbons (Fsp3) is 0.389. The molecule has 0 saturated heterocycles. The quantitative estimate of drug-likeness (QED) is 0.828. The van der Waals surface area contributed by atoms with E-state index in [4.69, 9.17) is 4.74 Å². The van der Waals surface area contributed by atoms with E-state index in [2.05, 4.69) is 26.7 Å². The number of aromatic nitrogens is 3. The van der Waals surface area contributed by atoms with Crippen molar-refractivity contribution >= 4 is 5.91 Å². The SMILES string of the molecule is C=CCOc1ccc(C(=O)NCc2nnc3n2CCCCC3)cc1. The molecular formula is C18H22N4O2. The van der Waals surface area contributed by atoms with Crippen molar-refractivity contribution in [3.05, 3.63) is 54.1 Å². The lowest BCUT2D eigenvalue weighted by atomic mass is 10.2. The van der Waals surface area contributed by atoms with Gasteiger partial charge < -0.3 is 14.6 Å². The Bertz CT molecular complexity index is 706. The first-order valence-corrected chi connectivity index (χ1v) is 8.31. The molecule has 0 radical (unpaired) electrons. The van der Waals surface area contributed by atoms with Crippen LogP contribution in [0.15, 0.2) is 36.9 Å². The van der Waals surface area contributed by atoms with Crippen molar-refractivity contribution in [2.75, 3.05) is 6.61 Å². The molecule has 0 unspecified atom stereocenters. The molecule has 6 heteroatoms. The van der Waals surface area contributed by atoms with E-state index in [-0.39, 0.29) is 5.91 Å². The maximum absolute atomic E-state index is 12.3. The molecule has 0 aliphatic carbocycles. The lowest BCUT2D eigenvalue weighted by Gasteiger charge is -2.09. The second-order valence-corrected chi connectivity index (χ2v) is 5.80. The minimum absolute atomic E-state index is 0.128. The summed E-state index contributed by atoms with van der Waals surface area (Å²) in [4.78, 5) is 12.3. The summed E-state index contributed by atoms with van der Waals surface area (Å²) in [6.07, 6.45) is 6.16. The van der Waals surface area contributed by atoms with E-state index < -0.39 is 0 Å². The highest BCUT2D eigenvalue weighted by Gasteiger charge is 2.15. The van der Waals surface area contributed by atoms with Crippen molar-refractivity contribution in [3.8, 4) is 5.75 Å². The first kappa shape index (κ1) is 16.2. The molecule has 2 heterocycles. The van der Waals surface area contributed by atoms with Crippen molar-refractivity contribution < 1.29 is 9.53 Å². The summed E-state index contributed by atoms with van der Waals surface area (Å²) in [7, 11) is 0. The van der Waals surface area contributed by atoms with E-state index >= 15 is 0 Å². The van der Waals surface area contributed by atoms with E-state index in [9.17, 15) is 4.79 Å². The number of amides is 1. The van der Waals surface area contributed by atoms with E-state index in [1.807, 2.05) is 0 Å². The van der Waals surface area contributed by atoms with Crippen LogP contribution >= 0.6 is 0 Å². The van der Waals surface area contributed by atoms with Crippen molar-refractivity contribution in [3.63, 3.8) is 0 Å². The van der Waals surface area contributed by atoms with Gasteiger partial charge in [0, 0.05) is 18.5 Å². The van der Waals surface area contributed by atoms with Crippen LogP contribution in [0.2, 0.25) is 0 Å². The summed E-state index contributed by atoms with van der Waals surface area (Å²) >= 11 is 0. The molecule has 1 aromatic carbocycles. The first-order chi connectivity index (χ1) is 11.8. The van der Waals surface area contributed by atoms with Crippen molar-refractivity contribution in [1.82, 2.24) is 20.1 Å². The van der Waals surface area contributed by atoms with E-state index in [0.29, 0.717) is 24.5 Å². The van der Waals surface area contributed by atoms with Gasteiger partial charge in [0.25, 0.3) is 5.91 Å². The third-order valence-electron chi connectivity index (χ3n) is 4.08. The molecule has 1 amide bonds. The van der Waals surface area contributed by atoms with Gasteiger partial charge in [0.15, 0.2) is 5.82 Å². The number of carbonyl (C=O) groups is 1. The van der Waals surface area contributed by atoms with Crippen LogP contribution in [0.1, 0.15) is 41.3 Å². The Kier molecular flexibility index (Phi) is 5.25. The van der Waals surface area contributed by atoms with Crippen LogP contribution in [-0.4, -0.2) is 27.3 Å². The van der Waals surface area contributed by atoms with Crippen molar-refractivity contribution in [2.45, 2.75) is 38.8 Å². The highest BCUT2D eigenvalue weighted by atomic mass is 16.5. The molecule has 6 nitrogen and oxygen atoms in total. The number of aryl methyl sites for hydroxylation is 1. The number of benzene rings is 1. The first-order valence-electron chi connectivity index (χ1n) is 8.31. The number of ether oxygens (including phenoxy) is 1. The second kappa shape index (κ2) is 7.77. The molecule has 0 atom stereocenters. The lowest BCUT2D eigenvalue weighted by molar-refractivity contribution is 0.0949. The second-order valence-electron chi connectivity index (χ2n) is 5.80. The normalized spacial score (nSPS) is 13.7. The van der Waals surface area contributed by atoms with Gasteiger partial charge in [-0.15, -0.1) is 10.2 Å². The van der Waals surface area contributed by atoms with Crippen LogP contribution in [0.4, 0.5) is 0 Å². The number of hydrogen-bond donors (Lipinski definition) is 1. The molecule has 24 heavy (non-hydrogen) atoms. The van der Waals surface area contributed by atoms with Crippen LogP contribution in [0.3, 0.4) is 0 Å². The molecule has 1 N–H and O–H groups in total. The van der Waals surface area contributed by atoms with Gasteiger partial charge in [0.05, 0.1) is 6.54 Å². The summed E-state index contributed by atoms with van der Waals surface area (Å²) in [5, 5.41) is 11.4. The number of nitrogens with one attached hydrogen (secondary N) is 1. The van der Waals surface area contributed by atoms with Crippen molar-refractivity contribution in [2.24, 2.45) is 0 Å². The number of fused-ring (bicyclic) bond motifs is 1. The minimum Gasteiger partial charge on any atom is -0.490 e. The van der Waals surface area contributed by atoms with E-state index in [1.54, 1.807) is 30.3 Å². The highest BCUT2D eigenvalue weighted by molar-refractivity contribution is 5.94. The fourth-order valence-electron chi connectivity index (χ4n) is 2.80. The number of hydrogen-bond acceptors (Lipinski definition) is 4. The molecule has 2 aromatic rings. The lowest BCUT2D eigenvalue weighted by Crippen LogP contribution is -2.25. The maximum Gasteiger partial charge on any atom is 0.251 e. The number of rotatable bonds is 6. The summed E-state index contributed by atoms with van der Waals surface area (Å²) in [6.45, 7) is 5.38. The van der Waals surface area contributed by atoms with Crippen LogP contribution in [-0.2, 0) is 19.5 Å². The monoisotopic (exact) mass is 326 g/mol. The molecule has 126 valence electrons. The van der Waals surface area contributed by atoms with Crippen LogP contribution in [0.25, 0.3) is 0 Å². The third-order valence-corrected chi connectivity index (χ3v) is 4.08. The Morgan fingerprint density at radius 3 is 2.88 bits per heavy atom. The van der Waals surface area contributed by atoms with Gasteiger partial charge in [-0.3, -0.25) is 4.79 Å². The standard InChI is InChI=1S/C18H22N4O2/c1-2-12-24-15-9-7-14(8-10-15)18(23)19-13-17-21-20-16-6-4-3-5-11-22(16)17/h2,7-10H,1,3-6,11-13H2,(H,19,23). The van der Waals surface area contributed by atoms with E-state index in [1.165, 1.54) is 6.42 Å². The zero-order chi connectivity index (χ0) is 16.8. The predicted octanol–water partition coefficient (Wildman–Crippen LogP) is 2.50. The zero-order valence-electron chi connectivity index (χ0n) is 13.7. The van der Waals surface area contributed by atoms with Gasteiger partial charge >= 0.3 is 0 Å². The topological polar surface area (TPSA) is 69.0 Å². The molecule has 1 aliphatic rings. The molecule has 0 spiro atoms. The Hall–Kier alpha value is -2.63. The van der Waals surface area contributed by atoms with E-state index in [0.717, 1.165) is 37.5 Å². The summed E-state index contributed by atoms with van der Waals surface area (Å²) in [6, 6.07) is 7.05. The Labute approximate surface area is 141 Å². The van der Waals surface area contributed by atoms with Gasteiger partial charge in [-0.05, 0) is 37.1 Å². The molecule has 3 rings (SSSR count). The van der Waals surface area contributed by atoms with Gasteiger partial charge in [0.2, 0.25) is 0 Å². The van der Waals surface area contributed by atoms with Gasteiger partial charge in [-0.2, -0.15) is 0 Å². The largest absolute Gasteiger partial charge is 0.490 e. The average Bonchev–Trinajstić information content (AvgIpc) is 2.84. The average molecular weight is 326 g/mol. The molecular weight excluding hydrogens is 304 g/mol. The van der Waals surface area contributed by atoms with Crippen molar-refractivity contribution in [1.29, 1.82) is 0 Å². The zero-order valence-corrected chi connectivity index (χ0v) is 13.7.